The summed E-state index contributed by atoms with van der Waals surface area (Å²) in [4.78, 5) is 0. The van der Waals surface area contributed by atoms with Crippen LogP contribution >= 0.6 is 0 Å². The van der Waals surface area contributed by atoms with Crippen molar-refractivity contribution in [2.45, 2.75) is 26.7 Å². The monoisotopic (exact) mass is 169 g/mol. The van der Waals surface area contributed by atoms with E-state index in [-0.39, 0.29) is 0 Å². The van der Waals surface area contributed by atoms with Crippen molar-refractivity contribution in [2.24, 2.45) is 29.3 Å². The highest BCUT2D eigenvalue weighted by Crippen LogP contribution is 2.42. The third-order valence-corrected chi connectivity index (χ3v) is 2.93. The Morgan fingerprint density at radius 2 is 2.17 bits per heavy atom. The molecule has 70 valence electrons. The maximum atomic E-state index is 5.45. The van der Waals surface area contributed by atoms with Crippen LogP contribution in [0, 0.1) is 17.8 Å². The van der Waals surface area contributed by atoms with Gasteiger partial charge in [0, 0.05) is 17.8 Å². The minimum absolute atomic E-state index is 0.569. The Morgan fingerprint density at radius 1 is 1.50 bits per heavy atom. The molecule has 1 aliphatic rings. The zero-order chi connectivity index (χ0) is 9.14. The van der Waals surface area contributed by atoms with Crippen LogP contribution in [0.3, 0.4) is 0 Å². The van der Waals surface area contributed by atoms with Gasteiger partial charge in [-0.15, -0.1) is 0 Å². The summed E-state index contributed by atoms with van der Waals surface area (Å²) in [6.07, 6.45) is 4.12. The van der Waals surface area contributed by atoms with Crippen LogP contribution in [0.4, 0.5) is 0 Å². The fourth-order valence-corrected chi connectivity index (χ4v) is 1.99. The van der Waals surface area contributed by atoms with Crippen LogP contribution in [-0.2, 0) is 0 Å². The zero-order valence-electron chi connectivity index (χ0n) is 7.88. The lowest BCUT2D eigenvalue weighted by Crippen LogP contribution is -2.38. The van der Waals surface area contributed by atoms with Crippen LogP contribution in [0.2, 0.25) is 0 Å². The summed E-state index contributed by atoms with van der Waals surface area (Å²) < 4.78 is 0. The van der Waals surface area contributed by atoms with Gasteiger partial charge in [0.05, 0.1) is 0 Å². The summed E-state index contributed by atoms with van der Waals surface area (Å²) in [6.45, 7) is 4.50. The molecule has 0 aromatic rings. The fourth-order valence-electron chi connectivity index (χ4n) is 1.99. The molecular weight excluding hydrogens is 150 g/mol. The van der Waals surface area contributed by atoms with Gasteiger partial charge in [-0.2, -0.15) is 0 Å². The van der Waals surface area contributed by atoms with Crippen molar-refractivity contribution in [1.82, 2.24) is 5.43 Å². The fraction of sp³-hybridized carbons (Fsp3) is 0.778. The quantitative estimate of drug-likeness (QED) is 0.435. The van der Waals surface area contributed by atoms with Gasteiger partial charge in [-0.3, -0.25) is 5.84 Å². The first-order valence-electron chi connectivity index (χ1n) is 4.59. The van der Waals surface area contributed by atoms with Gasteiger partial charge < -0.3 is 11.2 Å². The largest absolute Gasteiger partial charge is 0.403 e. The Bertz CT molecular complexity index is 175. The summed E-state index contributed by atoms with van der Waals surface area (Å²) >= 11 is 0. The molecule has 2 unspecified atom stereocenters. The first-order valence-corrected chi connectivity index (χ1v) is 4.59. The van der Waals surface area contributed by atoms with E-state index in [1.54, 1.807) is 6.20 Å². The summed E-state index contributed by atoms with van der Waals surface area (Å²) in [7, 11) is 0. The van der Waals surface area contributed by atoms with Gasteiger partial charge in [0.15, 0.2) is 0 Å². The normalized spacial score (nSPS) is 30.2. The Morgan fingerprint density at radius 3 is 2.42 bits per heavy atom. The average Bonchev–Trinajstić information content (AvgIpc) is 1.96. The van der Waals surface area contributed by atoms with Gasteiger partial charge >= 0.3 is 0 Å². The molecule has 0 saturated heterocycles. The predicted octanol–water partition coefficient (Wildman–Crippen LogP) is 0.932. The van der Waals surface area contributed by atoms with E-state index in [1.807, 2.05) is 0 Å². The van der Waals surface area contributed by atoms with Crippen molar-refractivity contribution in [1.29, 1.82) is 0 Å². The van der Waals surface area contributed by atoms with Crippen molar-refractivity contribution >= 4 is 0 Å². The van der Waals surface area contributed by atoms with E-state index in [2.05, 4.69) is 19.3 Å². The third-order valence-electron chi connectivity index (χ3n) is 2.93. The van der Waals surface area contributed by atoms with Crippen molar-refractivity contribution in [3.63, 3.8) is 0 Å². The van der Waals surface area contributed by atoms with Gasteiger partial charge in [-0.1, -0.05) is 13.8 Å². The summed E-state index contributed by atoms with van der Waals surface area (Å²) in [5.74, 6) is 7.42. The van der Waals surface area contributed by atoms with Gasteiger partial charge in [0.2, 0.25) is 0 Å². The molecule has 0 aromatic carbocycles. The molecule has 1 aliphatic carbocycles. The topological polar surface area (TPSA) is 64.1 Å². The Labute approximate surface area is 74.2 Å². The number of hydrazine groups is 1. The number of rotatable bonds is 3. The lowest BCUT2D eigenvalue weighted by Gasteiger charge is -2.40. The molecule has 5 N–H and O–H groups in total. The molecule has 2 atom stereocenters. The van der Waals surface area contributed by atoms with Crippen molar-refractivity contribution < 1.29 is 0 Å². The third kappa shape index (κ3) is 1.55. The number of allylic oxidation sites excluding steroid dienone is 1. The maximum Gasteiger partial charge on any atom is 0.0447 e. The predicted molar refractivity (Wildman–Crippen MR) is 50.6 cm³/mol. The smallest absolute Gasteiger partial charge is 0.0447 e. The standard InChI is InChI=1S/C9H19N3/c1-6(2)7-3-4-8(7)9(5-10)12-11/h5-8,12H,3-4,10-11H2,1-2H3/b9-5-. The average molecular weight is 169 g/mol. The second-order valence-corrected chi connectivity index (χ2v) is 3.86. The van der Waals surface area contributed by atoms with E-state index in [9.17, 15) is 0 Å². The molecule has 1 fully saturated rings. The van der Waals surface area contributed by atoms with Crippen LogP contribution in [0.15, 0.2) is 11.9 Å². The molecule has 1 saturated carbocycles. The highest BCUT2D eigenvalue weighted by Gasteiger charge is 2.35. The van der Waals surface area contributed by atoms with E-state index >= 15 is 0 Å². The summed E-state index contributed by atoms with van der Waals surface area (Å²) in [5, 5.41) is 0. The molecular formula is C9H19N3. The first-order chi connectivity index (χ1) is 5.70. The van der Waals surface area contributed by atoms with Crippen molar-refractivity contribution in [3.05, 3.63) is 11.9 Å². The Balaban J connectivity index is 2.53. The van der Waals surface area contributed by atoms with Crippen LogP contribution in [-0.4, -0.2) is 0 Å². The molecule has 0 bridgehead atoms. The van der Waals surface area contributed by atoms with E-state index in [0.717, 1.165) is 17.5 Å². The molecule has 12 heavy (non-hydrogen) atoms. The van der Waals surface area contributed by atoms with E-state index < -0.39 is 0 Å². The lowest BCUT2D eigenvalue weighted by atomic mass is 9.67. The van der Waals surface area contributed by atoms with Gasteiger partial charge in [0.1, 0.15) is 0 Å². The molecule has 0 spiro atoms. The van der Waals surface area contributed by atoms with E-state index in [0.29, 0.717) is 5.92 Å². The highest BCUT2D eigenvalue weighted by atomic mass is 15.2. The van der Waals surface area contributed by atoms with Gasteiger partial charge in [-0.05, 0) is 24.7 Å². The van der Waals surface area contributed by atoms with Crippen LogP contribution in [0.1, 0.15) is 26.7 Å². The summed E-state index contributed by atoms with van der Waals surface area (Å²) in [6, 6.07) is 0. The van der Waals surface area contributed by atoms with Crippen LogP contribution in [0.5, 0.6) is 0 Å². The molecule has 0 radical (unpaired) electrons. The van der Waals surface area contributed by atoms with Crippen LogP contribution in [0.25, 0.3) is 0 Å². The minimum atomic E-state index is 0.569. The second kappa shape index (κ2) is 3.81. The SMILES string of the molecule is CC(C)C1CCC1/C(=C/N)NN. The lowest BCUT2D eigenvalue weighted by molar-refractivity contribution is 0.146. The zero-order valence-corrected chi connectivity index (χ0v) is 7.88. The maximum absolute atomic E-state index is 5.45. The molecule has 0 heterocycles. The van der Waals surface area contributed by atoms with Crippen molar-refractivity contribution in [2.75, 3.05) is 0 Å². The summed E-state index contributed by atoms with van der Waals surface area (Å²) in [5.41, 5.74) is 9.13. The Hall–Kier alpha value is -0.700. The molecule has 1 rings (SSSR count). The first kappa shape index (κ1) is 9.39. The minimum Gasteiger partial charge on any atom is -0.403 e. The highest BCUT2D eigenvalue weighted by molar-refractivity contribution is 5.08. The number of nitrogens with one attached hydrogen (secondary N) is 1. The van der Waals surface area contributed by atoms with Crippen molar-refractivity contribution in [3.8, 4) is 0 Å². The Kier molecular flexibility index (Phi) is 2.98. The van der Waals surface area contributed by atoms with E-state index in [4.69, 9.17) is 11.6 Å². The van der Waals surface area contributed by atoms with Gasteiger partial charge in [0.25, 0.3) is 0 Å². The molecule has 0 aromatic heterocycles. The number of hydrogen-bond donors (Lipinski definition) is 3. The molecule has 3 nitrogen and oxygen atoms in total. The van der Waals surface area contributed by atoms with E-state index in [1.165, 1.54) is 12.8 Å². The molecule has 3 heteroatoms. The molecule has 0 amide bonds. The molecule has 0 aliphatic heterocycles. The van der Waals surface area contributed by atoms with Crippen LogP contribution < -0.4 is 17.0 Å². The van der Waals surface area contributed by atoms with Gasteiger partial charge in [-0.25, -0.2) is 0 Å². The number of hydrogen-bond acceptors (Lipinski definition) is 3. The number of nitrogens with two attached hydrogens (primary N) is 2. The second-order valence-electron chi connectivity index (χ2n) is 3.86.